The largest absolute Gasteiger partial charge is 0.444 e. The molecule has 0 bridgehead atoms. The number of aryl methyl sites for hydroxylation is 1. The lowest BCUT2D eigenvalue weighted by atomic mass is 9.85. The molecule has 3 rings (SSSR count). The number of nitrogens with two attached hydrogens (primary N) is 1. The number of hydrogen-bond acceptors (Lipinski definition) is 12. The first kappa shape index (κ1) is 47.7. The van der Waals surface area contributed by atoms with Crippen LogP contribution in [0.4, 0.5) is 4.79 Å². The molecule has 0 saturated carbocycles. The number of aromatic nitrogens is 1. The monoisotopic (exact) mass is 818 g/mol. The summed E-state index contributed by atoms with van der Waals surface area (Å²) in [6.45, 7) is 17.0. The highest BCUT2D eigenvalue weighted by molar-refractivity contribution is 7.13. The van der Waals surface area contributed by atoms with Crippen molar-refractivity contribution in [3.05, 3.63) is 41.0 Å². The fourth-order valence-electron chi connectivity index (χ4n) is 6.20. The van der Waals surface area contributed by atoms with Crippen LogP contribution in [-0.2, 0) is 39.9 Å². The molecular weight excluding hydrogens is 753 g/mol. The van der Waals surface area contributed by atoms with E-state index in [0.29, 0.717) is 78.5 Å². The zero-order valence-electron chi connectivity index (χ0n) is 35.0. The van der Waals surface area contributed by atoms with Gasteiger partial charge in [-0.15, -0.1) is 11.3 Å². The Kier molecular flexibility index (Phi) is 19.8. The van der Waals surface area contributed by atoms with Crippen LogP contribution in [0.2, 0.25) is 0 Å². The number of thiazole rings is 1. The van der Waals surface area contributed by atoms with E-state index in [1.165, 1.54) is 4.90 Å². The van der Waals surface area contributed by atoms with E-state index in [9.17, 15) is 24.3 Å². The van der Waals surface area contributed by atoms with Crippen LogP contribution in [0, 0.1) is 12.3 Å². The van der Waals surface area contributed by atoms with Crippen molar-refractivity contribution in [1.82, 2.24) is 25.4 Å². The van der Waals surface area contributed by atoms with Gasteiger partial charge >= 0.3 is 6.09 Å². The van der Waals surface area contributed by atoms with E-state index >= 15 is 0 Å². The van der Waals surface area contributed by atoms with Crippen molar-refractivity contribution in [2.75, 3.05) is 65.8 Å². The standard InChI is InChI=1S/C41H66N6O9S/c1-29-35(57-28-44-29)31-14-12-30(13-15-31)26-43-37(50)33-25-32(48)27-47(33)38(51)36(40(2,3)4)45-34(49)11-9-8-10-17-46(39(52)56-41(5,6)7)18-20-54-22-24-55-23-21-53-19-16-42/h12-15,28,32-33,36,48H,8-11,16-27,42H2,1-7H3,(H,43,50)(H,45,49). The van der Waals surface area contributed by atoms with Crippen molar-refractivity contribution in [3.8, 4) is 10.4 Å². The van der Waals surface area contributed by atoms with Gasteiger partial charge in [-0.05, 0) is 57.1 Å². The molecule has 3 unspecified atom stereocenters. The zero-order chi connectivity index (χ0) is 42.0. The fourth-order valence-corrected chi connectivity index (χ4v) is 7.01. The molecule has 2 aromatic rings. The van der Waals surface area contributed by atoms with Crippen LogP contribution in [0.3, 0.4) is 0 Å². The molecule has 0 aliphatic carbocycles. The first-order valence-electron chi connectivity index (χ1n) is 20.0. The number of rotatable bonds is 23. The Balaban J connectivity index is 1.47. The molecular formula is C41H66N6O9S. The SMILES string of the molecule is Cc1ncsc1-c1ccc(CNC(=O)C2CC(O)CN2C(=O)C(NC(=O)CCCCCN(CCOCCOCCOCCN)C(=O)OC(C)(C)C)C(C)(C)C)cc1. The van der Waals surface area contributed by atoms with Crippen LogP contribution in [0.1, 0.15) is 84.9 Å². The number of amides is 4. The summed E-state index contributed by atoms with van der Waals surface area (Å²) in [6, 6.07) is 6.10. The van der Waals surface area contributed by atoms with E-state index in [1.807, 2.05) is 78.2 Å². The zero-order valence-corrected chi connectivity index (χ0v) is 35.8. The topological polar surface area (TPSA) is 195 Å². The van der Waals surface area contributed by atoms with Gasteiger partial charge in [-0.25, -0.2) is 9.78 Å². The van der Waals surface area contributed by atoms with Crippen LogP contribution in [-0.4, -0.2) is 133 Å². The van der Waals surface area contributed by atoms with Crippen LogP contribution >= 0.6 is 11.3 Å². The lowest BCUT2D eigenvalue weighted by Crippen LogP contribution is -2.57. The van der Waals surface area contributed by atoms with E-state index in [0.717, 1.165) is 21.7 Å². The Bertz CT molecular complexity index is 1540. The third-order valence-corrected chi connectivity index (χ3v) is 10.2. The molecule has 5 N–H and O–H groups in total. The molecule has 2 heterocycles. The minimum Gasteiger partial charge on any atom is -0.444 e. The third-order valence-electron chi connectivity index (χ3n) is 9.21. The van der Waals surface area contributed by atoms with Gasteiger partial charge in [0.05, 0.1) is 61.8 Å². The number of aliphatic hydroxyl groups is 1. The first-order valence-corrected chi connectivity index (χ1v) is 20.8. The highest BCUT2D eigenvalue weighted by atomic mass is 32.1. The van der Waals surface area contributed by atoms with Crippen molar-refractivity contribution in [2.24, 2.45) is 11.1 Å². The molecule has 4 amide bonds. The maximum Gasteiger partial charge on any atom is 0.410 e. The average Bonchev–Trinajstić information content (AvgIpc) is 3.76. The predicted molar refractivity (Wildman–Crippen MR) is 219 cm³/mol. The molecule has 3 atom stereocenters. The van der Waals surface area contributed by atoms with Gasteiger partial charge < -0.3 is 50.2 Å². The molecule has 15 nitrogen and oxygen atoms in total. The predicted octanol–water partition coefficient (Wildman–Crippen LogP) is 4.03. The van der Waals surface area contributed by atoms with E-state index in [-0.39, 0.29) is 37.7 Å². The maximum absolute atomic E-state index is 14.0. The van der Waals surface area contributed by atoms with Gasteiger partial charge in [-0.1, -0.05) is 51.5 Å². The van der Waals surface area contributed by atoms with E-state index in [2.05, 4.69) is 15.6 Å². The van der Waals surface area contributed by atoms with Gasteiger partial charge in [-0.3, -0.25) is 14.4 Å². The minimum absolute atomic E-state index is 0.000285. The number of hydrogen-bond donors (Lipinski definition) is 4. The summed E-state index contributed by atoms with van der Waals surface area (Å²) >= 11 is 1.57. The Morgan fingerprint density at radius 2 is 1.60 bits per heavy atom. The number of nitrogens with one attached hydrogen (secondary N) is 2. The van der Waals surface area contributed by atoms with Crippen molar-refractivity contribution in [3.63, 3.8) is 0 Å². The highest BCUT2D eigenvalue weighted by Gasteiger charge is 2.44. The number of unbranched alkanes of at least 4 members (excludes halogenated alkanes) is 2. The summed E-state index contributed by atoms with van der Waals surface area (Å²) in [5.41, 5.74) is 8.81. The van der Waals surface area contributed by atoms with Crippen molar-refractivity contribution in [1.29, 1.82) is 0 Å². The number of carbonyl (C=O) groups is 4. The van der Waals surface area contributed by atoms with Gasteiger partial charge in [-0.2, -0.15) is 0 Å². The number of benzene rings is 1. The molecule has 1 fully saturated rings. The molecule has 1 aliphatic rings. The molecule has 1 saturated heterocycles. The fraction of sp³-hybridized carbons (Fsp3) is 0.683. The van der Waals surface area contributed by atoms with Gasteiger partial charge in [0.2, 0.25) is 17.7 Å². The number of nitrogens with zero attached hydrogens (tertiary/aromatic N) is 3. The quantitative estimate of drug-likeness (QED) is 0.118. The third kappa shape index (κ3) is 17.0. The summed E-state index contributed by atoms with van der Waals surface area (Å²) in [7, 11) is 0. The van der Waals surface area contributed by atoms with Crippen LogP contribution < -0.4 is 16.4 Å². The Morgan fingerprint density at radius 3 is 2.19 bits per heavy atom. The number of carbonyl (C=O) groups excluding carboxylic acids is 4. The van der Waals surface area contributed by atoms with Crippen LogP contribution in [0.5, 0.6) is 0 Å². The summed E-state index contributed by atoms with van der Waals surface area (Å²) in [5.74, 6) is -1.05. The van der Waals surface area contributed by atoms with E-state index in [1.54, 1.807) is 16.2 Å². The van der Waals surface area contributed by atoms with Crippen molar-refractivity contribution >= 4 is 35.2 Å². The summed E-state index contributed by atoms with van der Waals surface area (Å²) in [4.78, 5) is 62.0. The van der Waals surface area contributed by atoms with Gasteiger partial charge in [0.1, 0.15) is 17.7 Å². The molecule has 57 heavy (non-hydrogen) atoms. The molecule has 320 valence electrons. The van der Waals surface area contributed by atoms with E-state index < -0.39 is 41.2 Å². The van der Waals surface area contributed by atoms with Gasteiger partial charge in [0.15, 0.2) is 0 Å². The lowest BCUT2D eigenvalue weighted by Gasteiger charge is -2.35. The molecule has 0 spiro atoms. The van der Waals surface area contributed by atoms with Gasteiger partial charge in [0, 0.05) is 45.6 Å². The number of β-amino-alcohol motifs (C(OH)–C–C–N with tert-alkyl or cyclic N) is 1. The Labute approximate surface area is 342 Å². The smallest absolute Gasteiger partial charge is 0.410 e. The number of aliphatic hydroxyl groups excluding tert-OH is 1. The van der Waals surface area contributed by atoms with Crippen LogP contribution in [0.15, 0.2) is 29.8 Å². The van der Waals surface area contributed by atoms with E-state index in [4.69, 9.17) is 24.7 Å². The number of likely N-dealkylation sites (tertiary alicyclic amines) is 1. The summed E-state index contributed by atoms with van der Waals surface area (Å²) < 4.78 is 22.0. The first-order chi connectivity index (χ1) is 27.0. The van der Waals surface area contributed by atoms with Gasteiger partial charge in [0.25, 0.3) is 0 Å². The number of ether oxygens (including phenoxy) is 4. The summed E-state index contributed by atoms with van der Waals surface area (Å²) in [5, 5.41) is 16.4. The summed E-state index contributed by atoms with van der Waals surface area (Å²) in [6.07, 6.45) is 0.841. The second kappa shape index (κ2) is 23.7. The Morgan fingerprint density at radius 1 is 0.947 bits per heavy atom. The highest BCUT2D eigenvalue weighted by Crippen LogP contribution is 2.28. The average molecular weight is 819 g/mol. The van der Waals surface area contributed by atoms with Crippen molar-refractivity contribution in [2.45, 2.75) is 111 Å². The maximum atomic E-state index is 14.0. The van der Waals surface area contributed by atoms with Crippen LogP contribution in [0.25, 0.3) is 10.4 Å². The molecule has 16 heteroatoms. The molecule has 1 aromatic carbocycles. The lowest BCUT2D eigenvalue weighted by molar-refractivity contribution is -0.144. The Hall–Kier alpha value is -3.67. The second-order valence-electron chi connectivity index (χ2n) is 16.3. The molecule has 0 radical (unpaired) electrons. The normalized spacial score (nSPS) is 16.3. The minimum atomic E-state index is -0.911. The molecule has 1 aliphatic heterocycles. The molecule has 1 aromatic heterocycles. The van der Waals surface area contributed by atoms with Crippen molar-refractivity contribution < 1.29 is 43.2 Å². The second-order valence-corrected chi connectivity index (χ2v) is 17.2.